The molecule has 0 saturated heterocycles. The second kappa shape index (κ2) is 4.00. The van der Waals surface area contributed by atoms with Gasteiger partial charge in [-0.3, -0.25) is 9.89 Å². The number of nitrogens with zero attached hydrogens (tertiary/aromatic N) is 2. The van der Waals surface area contributed by atoms with Gasteiger partial charge in [0.2, 0.25) is 0 Å². The number of rotatable bonds is 4. The van der Waals surface area contributed by atoms with Gasteiger partial charge >= 0.3 is 0 Å². The molecule has 0 atom stereocenters. The summed E-state index contributed by atoms with van der Waals surface area (Å²) in [6.07, 6.45) is 3.92. The third-order valence-corrected chi connectivity index (χ3v) is 2.77. The van der Waals surface area contributed by atoms with E-state index in [1.54, 1.807) is 13.1 Å². The maximum Gasteiger partial charge on any atom is 0.276 e. The van der Waals surface area contributed by atoms with Crippen molar-refractivity contribution in [3.05, 3.63) is 24.0 Å². The molecule has 1 heterocycles. The topological polar surface area (TPSA) is 75.0 Å². The number of anilines is 1. The van der Waals surface area contributed by atoms with Gasteiger partial charge in [0.1, 0.15) is 0 Å². The van der Waals surface area contributed by atoms with E-state index < -0.39 is 0 Å². The zero-order chi connectivity index (χ0) is 11.7. The molecular formula is C11H16N4O. The molecule has 0 bridgehead atoms. The first-order valence-electron chi connectivity index (χ1n) is 5.35. The van der Waals surface area contributed by atoms with E-state index in [1.807, 2.05) is 0 Å². The summed E-state index contributed by atoms with van der Waals surface area (Å²) in [5, 5.41) is 6.87. The lowest BCUT2D eigenvalue weighted by atomic mass is 10.2. The summed E-state index contributed by atoms with van der Waals surface area (Å²) in [7, 11) is 1.70. The average molecular weight is 220 g/mol. The highest BCUT2D eigenvalue weighted by Gasteiger charge is 2.30. The summed E-state index contributed by atoms with van der Waals surface area (Å²) < 4.78 is 0. The number of amides is 1. The van der Waals surface area contributed by atoms with E-state index in [0.29, 0.717) is 23.8 Å². The fourth-order valence-electron chi connectivity index (χ4n) is 1.67. The van der Waals surface area contributed by atoms with Gasteiger partial charge in [0.05, 0.1) is 11.4 Å². The van der Waals surface area contributed by atoms with Gasteiger partial charge in [-0.05, 0) is 12.8 Å². The predicted octanol–water partition coefficient (Wildman–Crippen LogP) is 1.13. The van der Waals surface area contributed by atoms with Crippen LogP contribution in [0, 0.1) is 0 Å². The van der Waals surface area contributed by atoms with Crippen molar-refractivity contribution in [3.63, 3.8) is 0 Å². The Kier molecular flexibility index (Phi) is 2.68. The number of likely N-dealkylation sites (N-methyl/N-ethyl adjacent to an activating group) is 1. The van der Waals surface area contributed by atoms with Crippen LogP contribution in [0.25, 0.3) is 0 Å². The molecule has 0 aromatic carbocycles. The van der Waals surface area contributed by atoms with Gasteiger partial charge in [0, 0.05) is 19.5 Å². The van der Waals surface area contributed by atoms with Gasteiger partial charge in [0.25, 0.3) is 5.91 Å². The molecule has 1 aromatic heterocycles. The second-order valence-corrected chi connectivity index (χ2v) is 4.15. The van der Waals surface area contributed by atoms with Gasteiger partial charge in [-0.15, -0.1) is 6.58 Å². The van der Waals surface area contributed by atoms with Crippen LogP contribution in [-0.2, 0) is 0 Å². The summed E-state index contributed by atoms with van der Waals surface area (Å²) in [4.78, 5) is 13.5. The van der Waals surface area contributed by atoms with E-state index in [0.717, 1.165) is 18.5 Å². The zero-order valence-corrected chi connectivity index (χ0v) is 9.36. The Bertz CT molecular complexity index is 420. The van der Waals surface area contributed by atoms with Crippen molar-refractivity contribution in [1.82, 2.24) is 15.1 Å². The van der Waals surface area contributed by atoms with Crippen LogP contribution in [-0.4, -0.2) is 34.6 Å². The monoisotopic (exact) mass is 220 g/mol. The van der Waals surface area contributed by atoms with Gasteiger partial charge < -0.3 is 10.6 Å². The van der Waals surface area contributed by atoms with Crippen LogP contribution in [0.15, 0.2) is 12.7 Å². The van der Waals surface area contributed by atoms with Crippen LogP contribution in [0.4, 0.5) is 5.69 Å². The summed E-state index contributed by atoms with van der Waals surface area (Å²) in [5.41, 5.74) is 7.65. The third-order valence-electron chi connectivity index (χ3n) is 2.77. The Hall–Kier alpha value is -1.78. The molecule has 86 valence electrons. The van der Waals surface area contributed by atoms with Crippen LogP contribution in [0.2, 0.25) is 0 Å². The molecule has 0 radical (unpaired) electrons. The van der Waals surface area contributed by atoms with Crippen molar-refractivity contribution in [3.8, 4) is 0 Å². The van der Waals surface area contributed by atoms with Gasteiger partial charge in [-0.2, -0.15) is 5.10 Å². The number of aromatic amines is 1. The molecule has 1 fully saturated rings. The molecule has 1 aliphatic carbocycles. The summed E-state index contributed by atoms with van der Waals surface area (Å²) in [6.45, 7) is 4.08. The number of carbonyl (C=O) groups is 1. The molecule has 16 heavy (non-hydrogen) atoms. The number of hydrogen-bond donors (Lipinski definition) is 2. The number of hydrogen-bond acceptors (Lipinski definition) is 3. The summed E-state index contributed by atoms with van der Waals surface area (Å²) in [5.74, 6) is 0.305. The highest BCUT2D eigenvalue weighted by Crippen LogP contribution is 2.42. The van der Waals surface area contributed by atoms with Gasteiger partial charge in [0.15, 0.2) is 5.69 Å². The van der Waals surface area contributed by atoms with Crippen molar-refractivity contribution in [2.45, 2.75) is 18.8 Å². The van der Waals surface area contributed by atoms with Crippen molar-refractivity contribution in [2.75, 3.05) is 19.3 Å². The number of carbonyl (C=O) groups excluding carboxylic acids is 1. The van der Waals surface area contributed by atoms with E-state index in [9.17, 15) is 4.79 Å². The largest absolute Gasteiger partial charge is 0.395 e. The fourth-order valence-corrected chi connectivity index (χ4v) is 1.67. The van der Waals surface area contributed by atoms with Crippen LogP contribution in [0.1, 0.15) is 34.9 Å². The Morgan fingerprint density at radius 1 is 1.75 bits per heavy atom. The molecule has 1 saturated carbocycles. The van der Waals surface area contributed by atoms with Crippen LogP contribution in [0.5, 0.6) is 0 Å². The minimum atomic E-state index is -0.166. The van der Waals surface area contributed by atoms with Gasteiger partial charge in [-0.1, -0.05) is 6.08 Å². The smallest absolute Gasteiger partial charge is 0.276 e. The maximum atomic E-state index is 11.9. The molecule has 2 rings (SSSR count). The zero-order valence-electron chi connectivity index (χ0n) is 9.36. The lowest BCUT2D eigenvalue weighted by molar-refractivity contribution is 0.0805. The lowest BCUT2D eigenvalue weighted by Crippen LogP contribution is -2.27. The lowest BCUT2D eigenvalue weighted by Gasteiger charge is -2.13. The van der Waals surface area contributed by atoms with Crippen molar-refractivity contribution in [1.29, 1.82) is 0 Å². The maximum absolute atomic E-state index is 11.9. The molecule has 3 N–H and O–H groups in total. The van der Waals surface area contributed by atoms with E-state index in [4.69, 9.17) is 5.73 Å². The number of H-pyrrole nitrogens is 1. The minimum Gasteiger partial charge on any atom is -0.395 e. The number of nitrogens with one attached hydrogen (secondary N) is 1. The fraction of sp³-hybridized carbons (Fsp3) is 0.455. The van der Waals surface area contributed by atoms with Crippen molar-refractivity contribution in [2.24, 2.45) is 0 Å². The molecule has 1 aromatic rings. The molecular weight excluding hydrogens is 204 g/mol. The molecule has 5 nitrogen and oxygen atoms in total. The summed E-state index contributed by atoms with van der Waals surface area (Å²) >= 11 is 0. The van der Waals surface area contributed by atoms with Crippen LogP contribution >= 0.6 is 0 Å². The van der Waals surface area contributed by atoms with E-state index >= 15 is 0 Å². The normalized spacial score (nSPS) is 14.8. The first-order valence-corrected chi connectivity index (χ1v) is 5.35. The molecule has 5 heteroatoms. The molecule has 0 aliphatic heterocycles. The van der Waals surface area contributed by atoms with E-state index in [1.165, 1.54) is 4.90 Å². The standard InChI is InChI=1S/C11H16N4O/c1-3-6-15(2)11(16)10-8(12)9(13-14-10)7-4-5-7/h3,7H,1,4-6,12H2,2H3,(H,13,14). The predicted molar refractivity (Wildman–Crippen MR) is 62.1 cm³/mol. The van der Waals surface area contributed by atoms with Crippen LogP contribution in [0.3, 0.4) is 0 Å². The Morgan fingerprint density at radius 3 is 3.00 bits per heavy atom. The average Bonchev–Trinajstić information content (AvgIpc) is 3.02. The van der Waals surface area contributed by atoms with Crippen molar-refractivity contribution < 1.29 is 4.79 Å². The van der Waals surface area contributed by atoms with E-state index in [2.05, 4.69) is 16.8 Å². The van der Waals surface area contributed by atoms with Crippen LogP contribution < -0.4 is 5.73 Å². The summed E-state index contributed by atoms with van der Waals surface area (Å²) in [6, 6.07) is 0. The number of nitrogens with two attached hydrogens (primary N) is 1. The van der Waals surface area contributed by atoms with Crippen molar-refractivity contribution >= 4 is 11.6 Å². The number of nitrogen functional groups attached to an aromatic ring is 1. The minimum absolute atomic E-state index is 0.166. The third kappa shape index (κ3) is 1.80. The Labute approximate surface area is 94.3 Å². The number of aromatic nitrogens is 2. The second-order valence-electron chi connectivity index (χ2n) is 4.15. The molecule has 1 aliphatic rings. The Balaban J connectivity index is 2.19. The molecule has 0 unspecified atom stereocenters. The highest BCUT2D eigenvalue weighted by atomic mass is 16.2. The SMILES string of the molecule is C=CCN(C)C(=O)c1n[nH]c(C2CC2)c1N. The highest BCUT2D eigenvalue weighted by molar-refractivity contribution is 5.97. The first kappa shape index (κ1) is 10.7. The molecule has 0 spiro atoms. The van der Waals surface area contributed by atoms with E-state index in [-0.39, 0.29) is 5.91 Å². The van der Waals surface area contributed by atoms with Gasteiger partial charge in [-0.25, -0.2) is 0 Å². The quantitative estimate of drug-likeness (QED) is 0.747. The molecule has 1 amide bonds. The first-order chi connectivity index (χ1) is 7.65. The Morgan fingerprint density at radius 2 is 2.44 bits per heavy atom.